The molecule has 41 heavy (non-hydrogen) atoms. The molecule has 2 fully saturated rings. The number of hydrogen-bond donors (Lipinski definition) is 1. The Labute approximate surface area is 241 Å². The van der Waals surface area contributed by atoms with Gasteiger partial charge in [0.05, 0.1) is 33.1 Å². The zero-order valence-electron chi connectivity index (χ0n) is 23.7. The fourth-order valence-electron chi connectivity index (χ4n) is 5.17. The Morgan fingerprint density at radius 2 is 1.59 bits per heavy atom. The lowest BCUT2D eigenvalue weighted by Gasteiger charge is -2.36. The molecule has 0 spiro atoms. The summed E-state index contributed by atoms with van der Waals surface area (Å²) in [5.41, 5.74) is 1.02. The highest BCUT2D eigenvalue weighted by Crippen LogP contribution is 2.42. The first-order chi connectivity index (χ1) is 19.8. The number of rotatable bonds is 13. The van der Waals surface area contributed by atoms with Crippen LogP contribution in [-0.4, -0.2) is 61.3 Å². The van der Waals surface area contributed by atoms with E-state index in [1.807, 2.05) is 48.5 Å². The molecule has 0 amide bonds. The second-order valence-electron chi connectivity index (χ2n) is 10.6. The summed E-state index contributed by atoms with van der Waals surface area (Å²) in [6.07, 6.45) is 4.65. The van der Waals surface area contributed by atoms with Crippen molar-refractivity contribution in [3.8, 4) is 11.5 Å². The number of aromatic nitrogens is 2. The molecule has 1 aliphatic heterocycles. The monoisotopic (exact) mass is 585 g/mol. The number of aliphatic hydroxyl groups is 1. The third kappa shape index (κ3) is 6.92. The molecule has 1 aliphatic carbocycles. The van der Waals surface area contributed by atoms with Gasteiger partial charge in [-0.15, -0.1) is 0 Å². The van der Waals surface area contributed by atoms with E-state index in [1.165, 1.54) is 10.4 Å². The second-order valence-corrected chi connectivity index (χ2v) is 12.5. The van der Waals surface area contributed by atoms with Gasteiger partial charge < -0.3 is 24.1 Å². The zero-order chi connectivity index (χ0) is 28.9. The molecule has 1 atom stereocenters. The largest absolute Gasteiger partial charge is 0.497 e. The van der Waals surface area contributed by atoms with Crippen LogP contribution in [0, 0.1) is 0 Å². The van der Waals surface area contributed by atoms with Crippen LogP contribution >= 0.6 is 0 Å². The van der Waals surface area contributed by atoms with Gasteiger partial charge in [-0.05, 0) is 73.9 Å². The Morgan fingerprint density at radius 1 is 0.976 bits per heavy atom. The Kier molecular flexibility index (Phi) is 9.30. The van der Waals surface area contributed by atoms with Gasteiger partial charge in [0.1, 0.15) is 17.1 Å². The Balaban J connectivity index is 1.42. The summed E-state index contributed by atoms with van der Waals surface area (Å²) in [6, 6.07) is 16.2. The molecule has 1 saturated heterocycles. The van der Waals surface area contributed by atoms with E-state index in [4.69, 9.17) is 18.9 Å². The van der Waals surface area contributed by atoms with Gasteiger partial charge >= 0.3 is 0 Å². The van der Waals surface area contributed by atoms with Crippen molar-refractivity contribution < 1.29 is 32.5 Å². The van der Waals surface area contributed by atoms with Crippen molar-refractivity contribution in [2.24, 2.45) is 0 Å². The predicted octanol–water partition coefficient (Wildman–Crippen LogP) is 4.21. The maximum Gasteiger partial charge on any atom is 0.263 e. The highest BCUT2D eigenvalue weighted by molar-refractivity contribution is 7.89. The standard InChI is InChI=1S/C30H39N3O7S/c1-37-25-11-7-23(8-12-25)21-32(22-24-9-13-26(38-2)14-10-24)41(35,36)28-20-27(30(34)15-5-16-30)33(31-28)17-19-40-29-6-3-4-18-39-29/h7-14,20,29,34H,3-6,15-19,21-22H2,1-2H3. The first-order valence-corrected chi connectivity index (χ1v) is 15.5. The van der Waals surface area contributed by atoms with E-state index < -0.39 is 15.6 Å². The number of benzene rings is 2. The average molecular weight is 586 g/mol. The molecule has 1 saturated carbocycles. The van der Waals surface area contributed by atoms with Crippen molar-refractivity contribution in [1.29, 1.82) is 0 Å². The first kappa shape index (κ1) is 29.5. The van der Waals surface area contributed by atoms with Crippen molar-refractivity contribution in [3.63, 3.8) is 0 Å². The van der Waals surface area contributed by atoms with E-state index in [2.05, 4.69) is 5.10 Å². The maximum atomic E-state index is 14.2. The number of sulfonamides is 1. The molecule has 2 heterocycles. The highest BCUT2D eigenvalue weighted by atomic mass is 32.2. The molecule has 11 heteroatoms. The quantitative estimate of drug-likeness (QED) is 0.318. The van der Waals surface area contributed by atoms with E-state index >= 15 is 0 Å². The van der Waals surface area contributed by atoms with Gasteiger partial charge in [-0.1, -0.05) is 24.3 Å². The summed E-state index contributed by atoms with van der Waals surface area (Å²) in [5.74, 6) is 1.38. The van der Waals surface area contributed by atoms with Crippen LogP contribution in [0.15, 0.2) is 59.6 Å². The van der Waals surface area contributed by atoms with Gasteiger partial charge in [0.2, 0.25) is 0 Å². The molecule has 2 aliphatic rings. The van der Waals surface area contributed by atoms with E-state index in [0.29, 0.717) is 49.8 Å². The fraction of sp³-hybridized carbons (Fsp3) is 0.500. The maximum absolute atomic E-state index is 14.2. The second kappa shape index (κ2) is 12.9. The first-order valence-electron chi connectivity index (χ1n) is 14.1. The highest BCUT2D eigenvalue weighted by Gasteiger charge is 2.41. The van der Waals surface area contributed by atoms with Gasteiger partial charge in [-0.2, -0.15) is 9.40 Å². The van der Waals surface area contributed by atoms with E-state index in [1.54, 1.807) is 18.9 Å². The number of ether oxygens (including phenoxy) is 4. The summed E-state index contributed by atoms with van der Waals surface area (Å²) in [6.45, 7) is 1.55. The Morgan fingerprint density at radius 3 is 2.07 bits per heavy atom. The van der Waals surface area contributed by atoms with Crippen molar-refractivity contribution in [1.82, 2.24) is 14.1 Å². The lowest BCUT2D eigenvalue weighted by Crippen LogP contribution is -2.36. The number of methoxy groups -OCH3 is 2. The molecule has 10 nitrogen and oxygen atoms in total. The van der Waals surface area contributed by atoms with Crippen LogP contribution in [0.3, 0.4) is 0 Å². The van der Waals surface area contributed by atoms with Gasteiger partial charge in [0, 0.05) is 25.8 Å². The van der Waals surface area contributed by atoms with Crippen LogP contribution in [0.25, 0.3) is 0 Å². The summed E-state index contributed by atoms with van der Waals surface area (Å²) in [4.78, 5) is 0. The molecule has 0 bridgehead atoms. The van der Waals surface area contributed by atoms with Crippen LogP contribution in [0.1, 0.15) is 55.3 Å². The average Bonchev–Trinajstić information content (AvgIpc) is 3.42. The summed E-state index contributed by atoms with van der Waals surface area (Å²) >= 11 is 0. The van der Waals surface area contributed by atoms with Gasteiger partial charge in [-0.25, -0.2) is 8.42 Å². The molecule has 222 valence electrons. The minimum atomic E-state index is -4.06. The van der Waals surface area contributed by atoms with Crippen LogP contribution in [0.4, 0.5) is 0 Å². The van der Waals surface area contributed by atoms with Crippen molar-refractivity contribution >= 4 is 10.0 Å². The smallest absolute Gasteiger partial charge is 0.263 e. The molecule has 5 rings (SSSR count). The van der Waals surface area contributed by atoms with Gasteiger partial charge in [0.15, 0.2) is 11.3 Å². The third-order valence-electron chi connectivity index (χ3n) is 7.80. The number of nitrogens with zero attached hydrogens (tertiary/aromatic N) is 3. The fourth-order valence-corrected chi connectivity index (χ4v) is 6.54. The predicted molar refractivity (Wildman–Crippen MR) is 152 cm³/mol. The molecule has 1 aromatic heterocycles. The summed E-state index contributed by atoms with van der Waals surface area (Å²) < 4.78 is 53.4. The van der Waals surface area contributed by atoms with Gasteiger partial charge in [0.25, 0.3) is 10.0 Å². The van der Waals surface area contributed by atoms with Crippen molar-refractivity contribution in [2.45, 2.75) is 75.1 Å². The van der Waals surface area contributed by atoms with Crippen LogP contribution in [0.2, 0.25) is 0 Å². The molecule has 3 aromatic rings. The van der Waals surface area contributed by atoms with Gasteiger partial charge in [-0.3, -0.25) is 4.68 Å². The van der Waals surface area contributed by atoms with Crippen molar-refractivity contribution in [2.75, 3.05) is 27.4 Å². The molecular formula is C30H39N3O7S. The van der Waals surface area contributed by atoms with E-state index in [9.17, 15) is 13.5 Å². The third-order valence-corrected chi connectivity index (χ3v) is 9.47. The minimum absolute atomic E-state index is 0.0937. The topological polar surface area (TPSA) is 112 Å². The van der Waals surface area contributed by atoms with Crippen LogP contribution in [-0.2, 0) is 44.7 Å². The minimum Gasteiger partial charge on any atom is -0.497 e. The molecular weight excluding hydrogens is 546 g/mol. The lowest BCUT2D eigenvalue weighted by molar-refractivity contribution is -0.164. The van der Waals surface area contributed by atoms with Crippen LogP contribution < -0.4 is 9.47 Å². The Bertz CT molecular complexity index is 1330. The SMILES string of the molecule is COc1ccc(CN(Cc2ccc(OC)cc2)S(=O)(=O)c2cc(C3(O)CCC3)n(CCOC3CCCCO3)n2)cc1. The van der Waals surface area contributed by atoms with E-state index in [0.717, 1.165) is 36.8 Å². The number of hydrogen-bond acceptors (Lipinski definition) is 8. The van der Waals surface area contributed by atoms with E-state index in [-0.39, 0.29) is 24.4 Å². The Hall–Kier alpha value is -2.96. The molecule has 1 unspecified atom stereocenters. The molecule has 1 N–H and O–H groups in total. The lowest BCUT2D eigenvalue weighted by atomic mass is 9.78. The summed E-state index contributed by atoms with van der Waals surface area (Å²) in [7, 11) is -0.878. The van der Waals surface area contributed by atoms with Crippen LogP contribution in [0.5, 0.6) is 11.5 Å². The molecule has 0 radical (unpaired) electrons. The summed E-state index contributed by atoms with van der Waals surface area (Å²) in [5, 5.41) is 15.7. The molecule has 2 aromatic carbocycles. The zero-order valence-corrected chi connectivity index (χ0v) is 24.5. The van der Waals surface area contributed by atoms with Crippen molar-refractivity contribution in [3.05, 3.63) is 71.4 Å². The normalized spacial score (nSPS) is 18.7.